The van der Waals surface area contributed by atoms with E-state index >= 15 is 0 Å². The minimum absolute atomic E-state index is 0.465. The zero-order valence-electron chi connectivity index (χ0n) is 10.8. The van der Waals surface area contributed by atoms with Crippen LogP contribution in [-0.2, 0) is 16.3 Å². The normalized spacial score (nSPS) is 14.6. The Morgan fingerprint density at radius 3 is 2.53 bits per heavy atom. The number of nitrogens with zero attached hydrogens (tertiary/aromatic N) is 1. The van der Waals surface area contributed by atoms with Crippen LogP contribution < -0.4 is 5.73 Å². The highest BCUT2D eigenvalue weighted by Crippen LogP contribution is 2.21. The molecular formula is C12H20N2O2S. The molecule has 0 aliphatic carbocycles. The molecule has 5 heteroatoms. The van der Waals surface area contributed by atoms with E-state index < -0.39 is 20.6 Å². The van der Waals surface area contributed by atoms with E-state index in [-0.39, 0.29) is 0 Å². The average Bonchev–Trinajstić information content (AvgIpc) is 2.19. The van der Waals surface area contributed by atoms with E-state index in [0.29, 0.717) is 6.42 Å². The van der Waals surface area contributed by atoms with E-state index in [9.17, 15) is 8.42 Å². The van der Waals surface area contributed by atoms with Crippen LogP contribution in [0.15, 0.2) is 18.3 Å². The van der Waals surface area contributed by atoms with Gasteiger partial charge in [0, 0.05) is 30.6 Å². The number of nitrogens with two attached hydrogens (primary N) is 1. The van der Waals surface area contributed by atoms with Crippen molar-refractivity contribution < 1.29 is 8.42 Å². The first-order valence-corrected chi connectivity index (χ1v) is 7.41. The summed E-state index contributed by atoms with van der Waals surface area (Å²) in [4.78, 5) is 4.24. The Morgan fingerprint density at radius 2 is 2.06 bits per heavy atom. The second-order valence-electron chi connectivity index (χ2n) is 4.95. The number of hydrogen-bond acceptors (Lipinski definition) is 4. The second-order valence-corrected chi connectivity index (χ2v) is 7.55. The largest absolute Gasteiger partial charge is 0.326 e. The van der Waals surface area contributed by atoms with Crippen molar-refractivity contribution in [3.05, 3.63) is 29.6 Å². The summed E-state index contributed by atoms with van der Waals surface area (Å²) in [5.41, 5.74) is 7.91. The van der Waals surface area contributed by atoms with Gasteiger partial charge < -0.3 is 5.73 Å². The van der Waals surface area contributed by atoms with Gasteiger partial charge >= 0.3 is 0 Å². The van der Waals surface area contributed by atoms with Gasteiger partial charge in [0.1, 0.15) is 0 Å². The van der Waals surface area contributed by atoms with Crippen LogP contribution in [-0.4, -0.2) is 30.4 Å². The zero-order valence-corrected chi connectivity index (χ0v) is 11.6. The van der Waals surface area contributed by atoms with Crippen LogP contribution in [0.1, 0.15) is 25.1 Å². The minimum Gasteiger partial charge on any atom is -0.326 e. The lowest BCUT2D eigenvalue weighted by Gasteiger charge is -2.29. The molecule has 0 aromatic carbocycles. The smallest absolute Gasteiger partial charge is 0.154 e. The Bertz CT molecular complexity index is 495. The molecule has 2 N–H and O–H groups in total. The molecule has 1 aromatic heterocycles. The van der Waals surface area contributed by atoms with Gasteiger partial charge in [0.2, 0.25) is 0 Å². The van der Waals surface area contributed by atoms with Gasteiger partial charge in [-0.15, -0.1) is 0 Å². The van der Waals surface area contributed by atoms with Gasteiger partial charge in [-0.2, -0.15) is 0 Å². The molecule has 1 unspecified atom stereocenters. The van der Waals surface area contributed by atoms with Gasteiger partial charge in [-0.05, 0) is 32.4 Å². The molecule has 4 nitrogen and oxygen atoms in total. The molecular weight excluding hydrogens is 236 g/mol. The molecule has 96 valence electrons. The monoisotopic (exact) mass is 256 g/mol. The maximum atomic E-state index is 11.7. The Kier molecular flexibility index (Phi) is 3.94. The molecule has 1 aromatic rings. The lowest BCUT2D eigenvalue weighted by molar-refractivity contribution is 0.478. The Morgan fingerprint density at radius 1 is 1.47 bits per heavy atom. The summed E-state index contributed by atoms with van der Waals surface area (Å²) in [5, 5.41) is 0. The third-order valence-electron chi connectivity index (χ3n) is 3.38. The number of aryl methyl sites for hydroxylation is 1. The van der Waals surface area contributed by atoms with E-state index in [1.807, 2.05) is 19.1 Å². The molecule has 0 spiro atoms. The van der Waals surface area contributed by atoms with E-state index in [2.05, 4.69) is 4.98 Å². The topological polar surface area (TPSA) is 73.0 Å². The maximum Gasteiger partial charge on any atom is 0.154 e. The quantitative estimate of drug-likeness (QED) is 0.875. The fraction of sp³-hybridized carbons (Fsp3) is 0.583. The first-order valence-electron chi connectivity index (χ1n) is 5.52. The van der Waals surface area contributed by atoms with Gasteiger partial charge in [-0.1, -0.05) is 6.07 Å². The van der Waals surface area contributed by atoms with Gasteiger partial charge in [0.15, 0.2) is 9.84 Å². The van der Waals surface area contributed by atoms with Crippen molar-refractivity contribution in [3.8, 4) is 0 Å². The SMILES string of the molecule is Cc1cccnc1CC(N)C(C)(C)S(C)(=O)=O. The third kappa shape index (κ3) is 3.04. The fourth-order valence-corrected chi connectivity index (χ4v) is 2.09. The molecule has 0 saturated heterocycles. The first-order chi connectivity index (χ1) is 7.66. The van der Waals surface area contributed by atoms with E-state index in [1.54, 1.807) is 20.0 Å². The van der Waals surface area contributed by atoms with E-state index in [0.717, 1.165) is 11.3 Å². The van der Waals surface area contributed by atoms with Crippen molar-refractivity contribution in [2.45, 2.75) is 38.0 Å². The summed E-state index contributed by atoms with van der Waals surface area (Å²) in [6.45, 7) is 5.26. The van der Waals surface area contributed by atoms with Crippen LogP contribution >= 0.6 is 0 Å². The van der Waals surface area contributed by atoms with Crippen LogP contribution in [0, 0.1) is 6.92 Å². The summed E-state index contributed by atoms with van der Waals surface area (Å²) in [7, 11) is -3.19. The summed E-state index contributed by atoms with van der Waals surface area (Å²) in [6.07, 6.45) is 3.38. The third-order valence-corrected chi connectivity index (χ3v) is 5.59. The van der Waals surface area contributed by atoms with E-state index in [1.165, 1.54) is 6.26 Å². The van der Waals surface area contributed by atoms with Crippen LogP contribution in [0.4, 0.5) is 0 Å². The Balaban J connectivity index is 2.95. The predicted octanol–water partition coefficient (Wildman–Crippen LogP) is 1.08. The molecule has 0 fully saturated rings. The molecule has 17 heavy (non-hydrogen) atoms. The molecule has 1 heterocycles. The molecule has 1 rings (SSSR count). The zero-order chi connectivity index (χ0) is 13.3. The van der Waals surface area contributed by atoms with Crippen molar-refractivity contribution in [2.24, 2.45) is 5.73 Å². The molecule has 0 aliphatic rings. The highest BCUT2D eigenvalue weighted by Gasteiger charge is 2.37. The highest BCUT2D eigenvalue weighted by atomic mass is 32.2. The van der Waals surface area contributed by atoms with Crippen molar-refractivity contribution in [1.29, 1.82) is 0 Å². The number of hydrogen-bond donors (Lipinski definition) is 1. The van der Waals surface area contributed by atoms with Crippen molar-refractivity contribution in [2.75, 3.05) is 6.26 Å². The standard InChI is InChI=1S/C12H20N2O2S/c1-9-6-5-7-14-10(9)8-11(13)12(2,3)17(4,15)16/h5-7,11H,8,13H2,1-4H3. The summed E-state index contributed by atoms with van der Waals surface area (Å²) in [6, 6.07) is 3.33. The molecule has 0 radical (unpaired) electrons. The molecule has 0 amide bonds. The average molecular weight is 256 g/mol. The highest BCUT2D eigenvalue weighted by molar-refractivity contribution is 7.92. The van der Waals surface area contributed by atoms with Crippen molar-refractivity contribution in [1.82, 2.24) is 4.98 Å². The maximum absolute atomic E-state index is 11.7. The van der Waals surface area contributed by atoms with Gasteiger partial charge in [-0.25, -0.2) is 8.42 Å². The lowest BCUT2D eigenvalue weighted by Crippen LogP contribution is -2.50. The van der Waals surface area contributed by atoms with Crippen molar-refractivity contribution >= 4 is 9.84 Å². The molecule has 1 atom stereocenters. The predicted molar refractivity (Wildman–Crippen MR) is 69.6 cm³/mol. The van der Waals surface area contributed by atoms with Gasteiger partial charge in [0.05, 0.1) is 4.75 Å². The lowest BCUT2D eigenvalue weighted by atomic mass is 9.97. The number of pyridine rings is 1. The molecule has 0 saturated carbocycles. The Labute approximate surface area is 103 Å². The van der Waals surface area contributed by atoms with Gasteiger partial charge in [0.25, 0.3) is 0 Å². The second kappa shape index (κ2) is 4.74. The molecule has 0 aliphatic heterocycles. The van der Waals surface area contributed by atoms with Crippen LogP contribution in [0.2, 0.25) is 0 Å². The minimum atomic E-state index is -3.19. The number of aromatic nitrogens is 1. The molecule has 0 bridgehead atoms. The van der Waals surface area contributed by atoms with Gasteiger partial charge in [-0.3, -0.25) is 4.98 Å². The van der Waals surface area contributed by atoms with Crippen LogP contribution in [0.3, 0.4) is 0 Å². The van der Waals surface area contributed by atoms with Crippen LogP contribution in [0.5, 0.6) is 0 Å². The number of sulfone groups is 1. The Hall–Kier alpha value is -0.940. The summed E-state index contributed by atoms with van der Waals surface area (Å²) in [5.74, 6) is 0. The van der Waals surface area contributed by atoms with E-state index in [4.69, 9.17) is 5.73 Å². The fourth-order valence-electron chi connectivity index (χ4n) is 1.46. The van der Waals surface area contributed by atoms with Crippen LogP contribution in [0.25, 0.3) is 0 Å². The van der Waals surface area contributed by atoms with Crippen molar-refractivity contribution in [3.63, 3.8) is 0 Å². The first kappa shape index (κ1) is 14.1. The number of rotatable bonds is 4. The summed E-state index contributed by atoms with van der Waals surface area (Å²) >= 11 is 0. The summed E-state index contributed by atoms with van der Waals surface area (Å²) < 4.78 is 22.4.